The molecule has 0 bridgehead atoms. The van der Waals surface area contributed by atoms with Gasteiger partial charge in [-0.25, -0.2) is 14.2 Å². The van der Waals surface area contributed by atoms with Crippen LogP contribution in [0, 0.1) is 5.92 Å². The maximum absolute atomic E-state index is 13.5. The highest BCUT2D eigenvalue weighted by atomic mass is 19.1. The average Bonchev–Trinajstić information content (AvgIpc) is 2.64. The topological polar surface area (TPSA) is 88.3 Å². The smallest absolute Gasteiger partial charge is 0.324 e. The molecule has 2 heterocycles. The van der Waals surface area contributed by atoms with Gasteiger partial charge in [-0.15, -0.1) is 0 Å². The summed E-state index contributed by atoms with van der Waals surface area (Å²) in [6, 6.07) is 11.2. The maximum atomic E-state index is 13.5. The number of nitrogens with zero attached hydrogens (tertiary/aromatic N) is 2. The first kappa shape index (κ1) is 17.8. The average molecular weight is 356 g/mol. The van der Waals surface area contributed by atoms with Crippen LogP contribution in [0.25, 0.3) is 0 Å². The molecule has 3 amide bonds. The Morgan fingerprint density at radius 1 is 1.35 bits per heavy atom. The van der Waals surface area contributed by atoms with E-state index in [-0.39, 0.29) is 11.9 Å². The zero-order chi connectivity index (χ0) is 18.7. The molecule has 3 unspecified atom stereocenters. The molecule has 7 heteroatoms. The molecule has 3 atom stereocenters. The van der Waals surface area contributed by atoms with Gasteiger partial charge in [-0.2, -0.15) is 0 Å². The number of carbonyl (C=O) groups excluding carboxylic acids is 2. The van der Waals surface area contributed by atoms with Crippen molar-refractivity contribution in [2.75, 3.05) is 12.4 Å². The third-order valence-corrected chi connectivity index (χ3v) is 4.67. The van der Waals surface area contributed by atoms with Crippen LogP contribution in [0.4, 0.5) is 15.0 Å². The van der Waals surface area contributed by atoms with E-state index in [2.05, 4.69) is 10.3 Å². The molecule has 1 fully saturated rings. The lowest BCUT2D eigenvalue weighted by atomic mass is 9.83. The highest BCUT2D eigenvalue weighted by Gasteiger charge is 2.50. The number of carbonyl (C=O) groups is 2. The van der Waals surface area contributed by atoms with E-state index in [9.17, 15) is 14.0 Å². The lowest BCUT2D eigenvalue weighted by Gasteiger charge is -2.44. The van der Waals surface area contributed by atoms with Crippen molar-refractivity contribution < 1.29 is 14.0 Å². The Morgan fingerprint density at radius 2 is 2.08 bits per heavy atom. The molecule has 0 spiro atoms. The van der Waals surface area contributed by atoms with Crippen LogP contribution >= 0.6 is 0 Å². The van der Waals surface area contributed by atoms with Crippen molar-refractivity contribution in [3.05, 3.63) is 59.8 Å². The summed E-state index contributed by atoms with van der Waals surface area (Å²) >= 11 is 0. The minimum Gasteiger partial charge on any atom is -0.384 e. The van der Waals surface area contributed by atoms with Crippen molar-refractivity contribution in [2.24, 2.45) is 5.92 Å². The summed E-state index contributed by atoms with van der Waals surface area (Å²) in [6.07, 6.45) is 1.88. The number of hydrogen-bond donors (Lipinski definition) is 2. The van der Waals surface area contributed by atoms with Crippen LogP contribution < -0.4 is 11.1 Å². The van der Waals surface area contributed by atoms with Gasteiger partial charge in [0.25, 0.3) is 0 Å². The number of nitrogens with two attached hydrogens (primary N) is 1. The summed E-state index contributed by atoms with van der Waals surface area (Å²) < 4.78 is 13.5. The normalized spacial score (nSPS) is 20.4. The number of alkyl halides is 1. The molecule has 2 aromatic rings. The molecule has 26 heavy (non-hydrogen) atoms. The van der Waals surface area contributed by atoms with Crippen molar-refractivity contribution in [3.63, 3.8) is 0 Å². The van der Waals surface area contributed by atoms with E-state index in [4.69, 9.17) is 5.73 Å². The second-order valence-electron chi connectivity index (χ2n) is 6.41. The lowest BCUT2D eigenvalue weighted by molar-refractivity contribution is -0.151. The Hall–Kier alpha value is -2.96. The molecule has 3 N–H and O–H groups in total. The zero-order valence-electron chi connectivity index (χ0n) is 14.4. The molecule has 1 aliphatic heterocycles. The first-order valence-electron chi connectivity index (χ1n) is 8.46. The number of nitrogens with one attached hydrogen (secondary N) is 1. The Labute approximate surface area is 151 Å². The number of β-lactam (4-membered cyclic amide) rings is 1. The molecule has 6 nitrogen and oxygen atoms in total. The number of anilines is 1. The predicted octanol–water partition coefficient (Wildman–Crippen LogP) is 2.47. The summed E-state index contributed by atoms with van der Waals surface area (Å²) in [6.45, 7) is 1.04. The number of hydrogen-bond acceptors (Lipinski definition) is 4. The molecule has 0 radical (unpaired) electrons. The number of aromatic nitrogens is 1. The van der Waals surface area contributed by atoms with Crippen molar-refractivity contribution >= 4 is 17.8 Å². The third kappa shape index (κ3) is 3.51. The van der Waals surface area contributed by atoms with Crippen LogP contribution in [0.3, 0.4) is 0 Å². The molecule has 136 valence electrons. The highest BCUT2D eigenvalue weighted by Crippen LogP contribution is 2.31. The number of rotatable bonds is 5. The van der Waals surface area contributed by atoms with Gasteiger partial charge in [0.05, 0.1) is 18.0 Å². The number of amides is 3. The van der Waals surface area contributed by atoms with Crippen molar-refractivity contribution in [1.29, 1.82) is 0 Å². The molecule has 1 saturated heterocycles. The Morgan fingerprint density at radius 3 is 2.73 bits per heavy atom. The van der Waals surface area contributed by atoms with Gasteiger partial charge < -0.3 is 11.1 Å². The van der Waals surface area contributed by atoms with E-state index in [0.29, 0.717) is 12.2 Å². The fourth-order valence-corrected chi connectivity index (χ4v) is 3.21. The highest BCUT2D eigenvalue weighted by molar-refractivity contribution is 6.01. The molecule has 1 aliphatic rings. The summed E-state index contributed by atoms with van der Waals surface area (Å²) in [5.41, 5.74) is 7.35. The van der Waals surface area contributed by atoms with Gasteiger partial charge in [0.1, 0.15) is 12.5 Å². The van der Waals surface area contributed by atoms with Gasteiger partial charge >= 0.3 is 6.03 Å². The molecule has 3 rings (SSSR count). The summed E-state index contributed by atoms with van der Waals surface area (Å²) in [5.74, 6) is -0.599. The third-order valence-electron chi connectivity index (χ3n) is 4.67. The SMILES string of the molecule is CC(NC(=O)N1C(=O)C(Cc2ccnc(N)c2)C1CF)c1ccccc1. The van der Waals surface area contributed by atoms with Gasteiger partial charge in [-0.3, -0.25) is 9.69 Å². The molecule has 0 saturated carbocycles. The van der Waals surface area contributed by atoms with Gasteiger partial charge in [-0.05, 0) is 36.6 Å². The van der Waals surface area contributed by atoms with Crippen LogP contribution in [0.5, 0.6) is 0 Å². The molecule has 1 aromatic heterocycles. The standard InChI is InChI=1S/C19H21FN4O2/c1-12(14-5-3-2-4-6-14)23-19(26)24-16(11-20)15(18(24)25)9-13-7-8-22-17(21)10-13/h2-8,10,12,15-16H,9,11H2,1H3,(H2,21,22)(H,23,26). The van der Waals surface area contributed by atoms with Gasteiger partial charge in [0.2, 0.25) is 5.91 Å². The first-order chi connectivity index (χ1) is 12.5. The van der Waals surface area contributed by atoms with Crippen LogP contribution in [-0.2, 0) is 11.2 Å². The first-order valence-corrected chi connectivity index (χ1v) is 8.46. The quantitative estimate of drug-likeness (QED) is 0.806. The van der Waals surface area contributed by atoms with Crippen LogP contribution in [0.2, 0.25) is 0 Å². The fourth-order valence-electron chi connectivity index (χ4n) is 3.21. The predicted molar refractivity (Wildman–Crippen MR) is 95.8 cm³/mol. The van der Waals surface area contributed by atoms with E-state index in [1.54, 1.807) is 18.3 Å². The fraction of sp³-hybridized carbons (Fsp3) is 0.316. The second-order valence-corrected chi connectivity index (χ2v) is 6.41. The van der Waals surface area contributed by atoms with E-state index in [1.165, 1.54) is 0 Å². The van der Waals surface area contributed by atoms with Gasteiger partial charge in [-0.1, -0.05) is 30.3 Å². The number of benzene rings is 1. The maximum Gasteiger partial charge on any atom is 0.324 e. The largest absolute Gasteiger partial charge is 0.384 e. The van der Waals surface area contributed by atoms with Crippen molar-refractivity contribution in [3.8, 4) is 0 Å². The van der Waals surface area contributed by atoms with Crippen LogP contribution in [0.1, 0.15) is 24.1 Å². The Kier molecular flexibility index (Phi) is 5.16. The number of pyridine rings is 1. The van der Waals surface area contributed by atoms with E-state index in [1.807, 2.05) is 37.3 Å². The van der Waals surface area contributed by atoms with Gasteiger partial charge in [0.15, 0.2) is 0 Å². The number of nitrogen functional groups attached to an aromatic ring is 1. The minimum atomic E-state index is -0.774. The minimum absolute atomic E-state index is 0.282. The van der Waals surface area contributed by atoms with Crippen molar-refractivity contribution in [2.45, 2.75) is 25.4 Å². The van der Waals surface area contributed by atoms with Crippen LogP contribution in [-0.4, -0.2) is 34.5 Å². The number of halogens is 1. The number of urea groups is 1. The summed E-state index contributed by atoms with van der Waals surface area (Å²) in [7, 11) is 0. The van der Waals surface area contributed by atoms with E-state index in [0.717, 1.165) is 16.0 Å². The molecular formula is C19H21FN4O2. The van der Waals surface area contributed by atoms with Gasteiger partial charge in [0, 0.05) is 6.20 Å². The summed E-state index contributed by atoms with van der Waals surface area (Å²) in [5, 5.41) is 2.76. The Balaban J connectivity index is 1.65. The monoisotopic (exact) mass is 356 g/mol. The van der Waals surface area contributed by atoms with E-state index < -0.39 is 24.7 Å². The van der Waals surface area contributed by atoms with Crippen LogP contribution in [0.15, 0.2) is 48.7 Å². The summed E-state index contributed by atoms with van der Waals surface area (Å²) in [4.78, 5) is 29.7. The number of likely N-dealkylation sites (tertiary alicyclic amines) is 1. The molecular weight excluding hydrogens is 335 g/mol. The Bertz CT molecular complexity index is 799. The number of imide groups is 1. The molecule has 1 aromatic carbocycles. The van der Waals surface area contributed by atoms with Crippen molar-refractivity contribution in [1.82, 2.24) is 15.2 Å². The second kappa shape index (κ2) is 7.51. The zero-order valence-corrected chi connectivity index (χ0v) is 14.4. The van der Waals surface area contributed by atoms with E-state index >= 15 is 0 Å². The lowest BCUT2D eigenvalue weighted by Crippen LogP contribution is -2.66. The molecule has 0 aliphatic carbocycles.